The zero-order valence-corrected chi connectivity index (χ0v) is 16.0. The molecule has 26 heavy (non-hydrogen) atoms. The minimum Gasteiger partial charge on any atom is -0.383 e. The van der Waals surface area contributed by atoms with Gasteiger partial charge in [-0.15, -0.1) is 0 Å². The third-order valence-electron chi connectivity index (χ3n) is 5.01. The molecule has 2 N–H and O–H groups in total. The van der Waals surface area contributed by atoms with Gasteiger partial charge >= 0.3 is 0 Å². The number of ether oxygens (including phenoxy) is 1. The molecule has 2 aromatic rings. The second-order valence-electron chi connectivity index (χ2n) is 6.54. The van der Waals surface area contributed by atoms with Gasteiger partial charge in [-0.1, -0.05) is 0 Å². The van der Waals surface area contributed by atoms with Crippen LogP contribution in [0.1, 0.15) is 17.3 Å². The number of quaternary nitrogens is 1. The normalized spacial score (nSPS) is 15.5. The van der Waals surface area contributed by atoms with Crippen molar-refractivity contribution in [1.82, 2.24) is 14.5 Å². The van der Waals surface area contributed by atoms with Gasteiger partial charge in [-0.05, 0) is 37.3 Å². The highest BCUT2D eigenvalue weighted by Gasteiger charge is 2.23. The number of aromatic nitrogens is 2. The molecule has 8 heteroatoms. The number of hydrogen-bond acceptors (Lipinski definition) is 4. The molecule has 1 aromatic carbocycles. The molecule has 1 aliphatic rings. The number of aromatic amines is 1. The van der Waals surface area contributed by atoms with Gasteiger partial charge < -0.3 is 19.5 Å². The van der Waals surface area contributed by atoms with Crippen molar-refractivity contribution in [2.75, 3.05) is 46.4 Å². The fraction of sp³-hybridized carbons (Fsp3) is 0.500. The number of nitrogens with one attached hydrogen (secondary N) is 2. The van der Waals surface area contributed by atoms with Crippen molar-refractivity contribution in [3.8, 4) is 0 Å². The lowest BCUT2D eigenvalue weighted by Gasteiger charge is -2.31. The van der Waals surface area contributed by atoms with Gasteiger partial charge in [0.05, 0.1) is 56.8 Å². The molecule has 0 aliphatic carbocycles. The second kappa shape index (κ2) is 8.11. The summed E-state index contributed by atoms with van der Waals surface area (Å²) >= 11 is 5.29. The monoisotopic (exact) mass is 377 g/mol. The minimum atomic E-state index is -0.167. The van der Waals surface area contributed by atoms with E-state index in [4.69, 9.17) is 17.0 Å². The first-order valence-corrected chi connectivity index (χ1v) is 9.34. The van der Waals surface area contributed by atoms with E-state index in [-0.39, 0.29) is 11.5 Å². The zero-order chi connectivity index (χ0) is 18.7. The van der Waals surface area contributed by atoms with Crippen molar-refractivity contribution in [2.45, 2.75) is 13.5 Å². The summed E-state index contributed by atoms with van der Waals surface area (Å²) in [5.41, 5.74) is 1.01. The fourth-order valence-electron chi connectivity index (χ4n) is 3.34. The van der Waals surface area contributed by atoms with Crippen molar-refractivity contribution in [2.24, 2.45) is 0 Å². The van der Waals surface area contributed by atoms with E-state index in [0.29, 0.717) is 34.4 Å². The highest BCUT2D eigenvalue weighted by Crippen LogP contribution is 2.13. The molecule has 0 radical (unpaired) electrons. The molecular weight excluding hydrogens is 352 g/mol. The molecule has 0 atom stereocenters. The average molecular weight is 377 g/mol. The molecule has 140 valence electrons. The summed E-state index contributed by atoms with van der Waals surface area (Å²) in [6.45, 7) is 7.52. The number of benzene rings is 1. The standard InChI is InChI=1S/C18H24N4O3S/c1-3-20-6-8-21(9-7-20)16(23)13-4-5-14-15(12-13)19-18(26)22(17(14)24)10-11-25-2/h4-5,12H,3,6-11H2,1-2H3,(H,19,26)/p+1. The van der Waals surface area contributed by atoms with Gasteiger partial charge in [0, 0.05) is 12.7 Å². The minimum absolute atomic E-state index is 0.00457. The van der Waals surface area contributed by atoms with Crippen molar-refractivity contribution >= 4 is 29.0 Å². The Morgan fingerprint density at radius 2 is 2.08 bits per heavy atom. The Bertz CT molecular complexity index is 913. The number of fused-ring (bicyclic) bond motifs is 1. The van der Waals surface area contributed by atoms with Crippen LogP contribution in [0.15, 0.2) is 23.0 Å². The number of nitrogens with zero attached hydrogens (tertiary/aromatic N) is 2. The number of amides is 1. The Hall–Kier alpha value is -2.03. The van der Waals surface area contributed by atoms with Crippen LogP contribution < -0.4 is 10.5 Å². The van der Waals surface area contributed by atoms with Crippen molar-refractivity contribution in [3.63, 3.8) is 0 Å². The summed E-state index contributed by atoms with van der Waals surface area (Å²) in [5.74, 6) is 0.00457. The van der Waals surface area contributed by atoms with Crippen LogP contribution >= 0.6 is 12.2 Å². The number of rotatable bonds is 5. The average Bonchev–Trinajstić information content (AvgIpc) is 2.67. The molecule has 1 aliphatic heterocycles. The first kappa shape index (κ1) is 18.8. The number of hydrogen-bond donors (Lipinski definition) is 2. The van der Waals surface area contributed by atoms with Gasteiger partial charge in [0.1, 0.15) is 0 Å². The van der Waals surface area contributed by atoms with Gasteiger partial charge in [0.2, 0.25) is 0 Å². The van der Waals surface area contributed by atoms with Crippen LogP contribution in [0.4, 0.5) is 0 Å². The maximum Gasteiger partial charge on any atom is 0.262 e. The van der Waals surface area contributed by atoms with Crippen LogP contribution in [0.3, 0.4) is 0 Å². The molecule has 3 rings (SSSR count). The third-order valence-corrected chi connectivity index (χ3v) is 5.33. The Labute approximate surface area is 157 Å². The molecule has 2 heterocycles. The number of methoxy groups -OCH3 is 1. The first-order chi connectivity index (χ1) is 12.5. The van der Waals surface area contributed by atoms with Gasteiger partial charge in [-0.3, -0.25) is 14.2 Å². The Balaban J connectivity index is 1.89. The summed E-state index contributed by atoms with van der Waals surface area (Å²) < 4.78 is 6.85. The Morgan fingerprint density at radius 3 is 2.73 bits per heavy atom. The molecule has 0 bridgehead atoms. The van der Waals surface area contributed by atoms with E-state index in [9.17, 15) is 9.59 Å². The fourth-order valence-corrected chi connectivity index (χ4v) is 3.62. The van der Waals surface area contributed by atoms with E-state index in [0.717, 1.165) is 32.7 Å². The highest BCUT2D eigenvalue weighted by atomic mass is 32.1. The maximum absolute atomic E-state index is 12.8. The summed E-state index contributed by atoms with van der Waals surface area (Å²) in [5, 5.41) is 0.520. The summed E-state index contributed by atoms with van der Waals surface area (Å²) in [4.78, 5) is 31.9. The van der Waals surface area contributed by atoms with Crippen LogP contribution in [0.5, 0.6) is 0 Å². The smallest absolute Gasteiger partial charge is 0.262 e. The predicted molar refractivity (Wildman–Crippen MR) is 102 cm³/mol. The number of piperazine rings is 1. The van der Waals surface area contributed by atoms with E-state index in [1.165, 1.54) is 9.47 Å². The molecule has 0 spiro atoms. The van der Waals surface area contributed by atoms with Crippen LogP contribution in [0.2, 0.25) is 0 Å². The molecule has 7 nitrogen and oxygen atoms in total. The quantitative estimate of drug-likeness (QED) is 0.724. The molecular formula is C18H25N4O3S+. The SMILES string of the molecule is CC[NH+]1CCN(C(=O)c2ccc3c(=O)n(CCOC)c(=S)[nH]c3c2)CC1. The van der Waals surface area contributed by atoms with Crippen LogP contribution in [0, 0.1) is 4.77 Å². The molecule has 1 amide bonds. The summed E-state index contributed by atoms with van der Waals surface area (Å²) in [6, 6.07) is 5.16. The second-order valence-corrected chi connectivity index (χ2v) is 6.92. The first-order valence-electron chi connectivity index (χ1n) is 8.93. The van der Waals surface area contributed by atoms with E-state index < -0.39 is 0 Å². The maximum atomic E-state index is 12.8. The third kappa shape index (κ3) is 3.72. The number of H-pyrrole nitrogens is 1. The van der Waals surface area contributed by atoms with E-state index in [1.807, 2.05) is 4.90 Å². The van der Waals surface area contributed by atoms with Crippen LogP contribution in [-0.2, 0) is 11.3 Å². The lowest BCUT2D eigenvalue weighted by molar-refractivity contribution is -0.902. The number of carbonyl (C=O) groups excluding carboxylic acids is 1. The predicted octanol–water partition coefficient (Wildman–Crippen LogP) is 0.0661. The molecule has 0 saturated carbocycles. The van der Waals surface area contributed by atoms with Crippen molar-refractivity contribution < 1.29 is 14.4 Å². The number of likely N-dealkylation sites (N-methyl/N-ethyl adjacent to an activating group) is 1. The van der Waals surface area contributed by atoms with E-state index >= 15 is 0 Å². The Morgan fingerprint density at radius 1 is 1.35 bits per heavy atom. The van der Waals surface area contributed by atoms with Gasteiger partial charge in [-0.2, -0.15) is 0 Å². The van der Waals surface area contributed by atoms with Gasteiger partial charge in [-0.25, -0.2) is 0 Å². The molecule has 0 unspecified atom stereocenters. The molecule has 1 aromatic heterocycles. The topological polar surface area (TPSA) is 71.8 Å². The van der Waals surface area contributed by atoms with Crippen molar-refractivity contribution in [3.05, 3.63) is 38.9 Å². The lowest BCUT2D eigenvalue weighted by Crippen LogP contribution is -3.14. The van der Waals surface area contributed by atoms with Gasteiger partial charge in [0.15, 0.2) is 4.77 Å². The lowest BCUT2D eigenvalue weighted by atomic mass is 10.1. The number of carbonyl (C=O) groups is 1. The zero-order valence-electron chi connectivity index (χ0n) is 15.2. The summed E-state index contributed by atoms with van der Waals surface area (Å²) in [6.07, 6.45) is 0. The van der Waals surface area contributed by atoms with Gasteiger partial charge in [0.25, 0.3) is 11.5 Å². The van der Waals surface area contributed by atoms with E-state index in [2.05, 4.69) is 11.9 Å². The van der Waals surface area contributed by atoms with E-state index in [1.54, 1.807) is 25.3 Å². The highest BCUT2D eigenvalue weighted by molar-refractivity contribution is 7.71. The van der Waals surface area contributed by atoms with Crippen LogP contribution in [0.25, 0.3) is 10.9 Å². The summed E-state index contributed by atoms with van der Waals surface area (Å²) in [7, 11) is 1.58. The molecule has 1 saturated heterocycles. The molecule has 1 fully saturated rings. The largest absolute Gasteiger partial charge is 0.383 e. The Kier molecular flexibility index (Phi) is 5.85. The van der Waals surface area contributed by atoms with Crippen molar-refractivity contribution in [1.29, 1.82) is 0 Å². The van der Waals surface area contributed by atoms with Crippen LogP contribution in [-0.4, -0.2) is 66.8 Å².